The number of aromatic hydroxyl groups is 2. The third-order valence-corrected chi connectivity index (χ3v) is 9.37. The van der Waals surface area contributed by atoms with Crippen LogP contribution in [0.1, 0.15) is 88.7 Å². The Balaban J connectivity index is 1.70. The largest absolute Gasteiger partial charge is 0.508 e. The summed E-state index contributed by atoms with van der Waals surface area (Å²) in [6.07, 6.45) is -3.16. The Labute approximate surface area is 243 Å². The minimum atomic E-state index is -1.10. The molecule has 1 saturated heterocycles. The lowest BCUT2D eigenvalue weighted by molar-refractivity contribution is -0.198. The summed E-state index contributed by atoms with van der Waals surface area (Å²) in [5, 5.41) is 53.2. The van der Waals surface area contributed by atoms with Crippen molar-refractivity contribution in [3.63, 3.8) is 0 Å². The van der Waals surface area contributed by atoms with Crippen LogP contribution in [0.3, 0.4) is 0 Å². The van der Waals surface area contributed by atoms with E-state index < -0.39 is 53.9 Å². The normalized spacial score (nSPS) is 27.6. The smallest absolute Gasteiger partial charge is 0.342 e. The zero-order valence-corrected chi connectivity index (χ0v) is 25.4. The first-order chi connectivity index (χ1) is 18.9. The highest BCUT2D eigenvalue weighted by molar-refractivity contribution is 5.96. The van der Waals surface area contributed by atoms with Crippen LogP contribution in [0.4, 0.5) is 0 Å². The van der Waals surface area contributed by atoms with Crippen LogP contribution in [0, 0.1) is 30.1 Å². The molecule has 9 atom stereocenters. The maximum atomic E-state index is 12.8. The predicted octanol–water partition coefficient (Wildman–Crippen LogP) is 3.98. The molecular weight excluding hydrogens is 528 g/mol. The minimum absolute atomic E-state index is 0.0311. The Morgan fingerprint density at radius 1 is 1.12 bits per heavy atom. The number of benzene rings is 1. The lowest BCUT2D eigenvalue weighted by Crippen LogP contribution is -2.54. The van der Waals surface area contributed by atoms with Crippen molar-refractivity contribution < 1.29 is 44.6 Å². The van der Waals surface area contributed by atoms with Crippen LogP contribution in [0.15, 0.2) is 18.2 Å². The lowest BCUT2D eigenvalue weighted by atomic mass is 9.71. The molecule has 230 valence electrons. The molecule has 1 fully saturated rings. The first-order valence-electron chi connectivity index (χ1n) is 14.6. The van der Waals surface area contributed by atoms with Gasteiger partial charge in [-0.15, -0.1) is 6.58 Å². The highest BCUT2D eigenvalue weighted by Gasteiger charge is 2.47. The molecule has 0 unspecified atom stereocenters. The fourth-order valence-corrected chi connectivity index (χ4v) is 6.16. The molecule has 3 rings (SSSR count). The summed E-state index contributed by atoms with van der Waals surface area (Å²) >= 11 is 0. The van der Waals surface area contributed by atoms with Gasteiger partial charge in [0.15, 0.2) is 5.78 Å². The molecule has 9 heteroatoms. The summed E-state index contributed by atoms with van der Waals surface area (Å²) in [5.41, 5.74) is 1.20. The van der Waals surface area contributed by atoms with Crippen LogP contribution in [0.25, 0.3) is 0 Å². The van der Waals surface area contributed by atoms with E-state index >= 15 is 0 Å². The van der Waals surface area contributed by atoms with Crippen LogP contribution in [0.2, 0.25) is 0 Å². The van der Waals surface area contributed by atoms with Crippen molar-refractivity contribution in [2.24, 2.45) is 23.2 Å². The van der Waals surface area contributed by atoms with E-state index in [2.05, 4.69) is 6.58 Å². The number of carbonyl (C=O) groups is 2. The molecule has 2 aliphatic heterocycles. The monoisotopic (exact) mass is 576 g/mol. The fraction of sp³-hybridized carbons (Fsp3) is 0.688. The van der Waals surface area contributed by atoms with Gasteiger partial charge in [-0.1, -0.05) is 40.2 Å². The molecule has 0 aliphatic carbocycles. The van der Waals surface area contributed by atoms with Crippen molar-refractivity contribution in [1.82, 2.24) is 0 Å². The average Bonchev–Trinajstić information content (AvgIpc) is 2.87. The number of aliphatic hydroxyl groups excluding tert-OH is 3. The summed E-state index contributed by atoms with van der Waals surface area (Å²) in [6.45, 7) is 16.6. The third-order valence-electron chi connectivity index (χ3n) is 9.37. The van der Waals surface area contributed by atoms with Crippen LogP contribution >= 0.6 is 0 Å². The number of aliphatic hydroxyl groups is 3. The van der Waals surface area contributed by atoms with Gasteiger partial charge in [0.2, 0.25) is 0 Å². The second kappa shape index (κ2) is 12.8. The van der Waals surface area contributed by atoms with Gasteiger partial charge in [-0.2, -0.15) is 0 Å². The number of ketones is 1. The topological polar surface area (TPSA) is 154 Å². The van der Waals surface area contributed by atoms with Crippen LogP contribution < -0.4 is 0 Å². The van der Waals surface area contributed by atoms with E-state index in [1.54, 1.807) is 13.8 Å². The Morgan fingerprint density at radius 2 is 1.76 bits per heavy atom. The van der Waals surface area contributed by atoms with Gasteiger partial charge in [0.1, 0.15) is 29.3 Å². The summed E-state index contributed by atoms with van der Waals surface area (Å²) < 4.78 is 12.0. The first kappa shape index (κ1) is 33.0. The maximum absolute atomic E-state index is 12.8. The SMILES string of the molecule is C=C(C)C[C@H](C)[C@H](O)C(=O)C[C@@H](C)[C@@H]1C[C@@H](O)C(C)(C)[C@@H](C[C@H](O)[C@@H](C)[C@H]2Cc3c(C)c(O)cc(O)c3C(=O)O2)O1. The molecule has 0 radical (unpaired) electrons. The zero-order chi connectivity index (χ0) is 31.0. The van der Waals surface area contributed by atoms with E-state index in [0.29, 0.717) is 24.0 Å². The molecule has 0 spiro atoms. The molecular formula is C32H48O9. The Morgan fingerprint density at radius 3 is 2.37 bits per heavy atom. The van der Waals surface area contributed by atoms with Gasteiger partial charge in [-0.3, -0.25) is 4.79 Å². The molecule has 5 N–H and O–H groups in total. The Bertz CT molecular complexity index is 1140. The first-order valence-corrected chi connectivity index (χ1v) is 14.6. The molecule has 0 aromatic heterocycles. The maximum Gasteiger partial charge on any atom is 0.342 e. The van der Waals surface area contributed by atoms with E-state index in [1.807, 2.05) is 34.6 Å². The van der Waals surface area contributed by atoms with Crippen molar-refractivity contribution in [3.05, 3.63) is 34.9 Å². The molecule has 0 bridgehead atoms. The highest BCUT2D eigenvalue weighted by Crippen LogP contribution is 2.43. The van der Waals surface area contributed by atoms with Crippen molar-refractivity contribution in [1.29, 1.82) is 0 Å². The number of fused-ring (bicyclic) bond motifs is 1. The number of Topliss-reactive ketones (excluding diaryl/α,β-unsaturated/α-hetero) is 1. The van der Waals surface area contributed by atoms with Gasteiger partial charge in [0, 0.05) is 43.1 Å². The van der Waals surface area contributed by atoms with Gasteiger partial charge < -0.3 is 35.0 Å². The van der Waals surface area contributed by atoms with E-state index in [0.717, 1.165) is 11.6 Å². The zero-order valence-electron chi connectivity index (χ0n) is 25.4. The molecule has 9 nitrogen and oxygen atoms in total. The number of cyclic esters (lactones) is 1. The van der Waals surface area contributed by atoms with Crippen LogP contribution in [-0.4, -0.2) is 73.9 Å². The van der Waals surface area contributed by atoms with Crippen molar-refractivity contribution >= 4 is 11.8 Å². The van der Waals surface area contributed by atoms with Gasteiger partial charge in [-0.25, -0.2) is 4.79 Å². The van der Waals surface area contributed by atoms with Gasteiger partial charge in [0.25, 0.3) is 0 Å². The molecule has 2 heterocycles. The predicted molar refractivity (Wildman–Crippen MR) is 154 cm³/mol. The number of carbonyl (C=O) groups excluding carboxylic acids is 2. The van der Waals surface area contributed by atoms with E-state index in [9.17, 15) is 35.1 Å². The van der Waals surface area contributed by atoms with E-state index in [1.165, 1.54) is 0 Å². The third kappa shape index (κ3) is 7.13. The number of phenolic OH excluding ortho intramolecular Hbond substituents is 2. The number of hydrogen-bond donors (Lipinski definition) is 5. The van der Waals surface area contributed by atoms with Crippen molar-refractivity contribution in [2.45, 2.75) is 117 Å². The van der Waals surface area contributed by atoms with Gasteiger partial charge in [0.05, 0.1) is 24.4 Å². The number of rotatable bonds is 11. The molecule has 0 saturated carbocycles. The van der Waals surface area contributed by atoms with Crippen LogP contribution in [0.5, 0.6) is 11.5 Å². The van der Waals surface area contributed by atoms with Crippen LogP contribution in [-0.2, 0) is 20.7 Å². The molecule has 2 aliphatic rings. The number of ether oxygens (including phenoxy) is 2. The minimum Gasteiger partial charge on any atom is -0.508 e. The van der Waals surface area contributed by atoms with Crippen molar-refractivity contribution in [2.75, 3.05) is 0 Å². The van der Waals surface area contributed by atoms with E-state index in [-0.39, 0.29) is 53.9 Å². The molecule has 1 aromatic rings. The van der Waals surface area contributed by atoms with Crippen molar-refractivity contribution in [3.8, 4) is 11.5 Å². The number of esters is 1. The number of phenols is 2. The quantitative estimate of drug-likeness (QED) is 0.194. The Kier molecular flexibility index (Phi) is 10.3. The summed E-state index contributed by atoms with van der Waals surface area (Å²) in [5.74, 6) is -2.47. The van der Waals surface area contributed by atoms with E-state index in [4.69, 9.17) is 9.47 Å². The lowest BCUT2D eigenvalue weighted by Gasteiger charge is -2.48. The number of hydrogen-bond acceptors (Lipinski definition) is 9. The fourth-order valence-electron chi connectivity index (χ4n) is 6.16. The molecule has 41 heavy (non-hydrogen) atoms. The van der Waals surface area contributed by atoms with Gasteiger partial charge >= 0.3 is 5.97 Å². The second-order valence-corrected chi connectivity index (χ2v) is 13.2. The average molecular weight is 577 g/mol. The molecule has 0 amide bonds. The molecule has 1 aromatic carbocycles. The summed E-state index contributed by atoms with van der Waals surface area (Å²) in [7, 11) is 0. The summed E-state index contributed by atoms with van der Waals surface area (Å²) in [4.78, 5) is 25.6. The standard InChI is InChI=1S/C32H48O9/c1-15(2)9-17(4)30(38)24(36)10-16(3)25-14-27(37)32(7,8)28(40-25)13-22(34)19(6)26-11-20-18(5)21(33)12-23(35)29(20)31(39)41-26/h12,16-17,19,22,25-28,30,33-35,37-38H,1,9-11,13-14H2,2-8H3/t16-,17+,19-,22+,25+,26-,27-,28-,30+/m1/s1. The Hall–Kier alpha value is -2.46. The highest BCUT2D eigenvalue weighted by atomic mass is 16.5. The second-order valence-electron chi connectivity index (χ2n) is 13.2. The summed E-state index contributed by atoms with van der Waals surface area (Å²) in [6, 6.07) is 1.12. The number of allylic oxidation sites excluding steroid dienone is 1. The van der Waals surface area contributed by atoms with Gasteiger partial charge in [-0.05, 0) is 43.2 Å².